The molecule has 60 valence electrons. The second-order valence-corrected chi connectivity index (χ2v) is 3.11. The maximum Gasteiger partial charge on any atom is 0.0505 e. The highest BCUT2D eigenvalue weighted by molar-refractivity contribution is 4.81. The van der Waals surface area contributed by atoms with Gasteiger partial charge in [0.15, 0.2) is 0 Å². The minimum Gasteiger partial charge on any atom is -0.384 e. The third-order valence-electron chi connectivity index (χ3n) is 2.14. The topological polar surface area (TPSA) is 21.3 Å². The average Bonchev–Trinajstić information content (AvgIpc) is 2.69. The summed E-state index contributed by atoms with van der Waals surface area (Å²) >= 11 is 0. The van der Waals surface area contributed by atoms with Crippen LogP contribution in [-0.2, 0) is 4.74 Å². The van der Waals surface area contributed by atoms with Crippen molar-refractivity contribution in [1.29, 1.82) is 0 Å². The molecule has 10 heavy (non-hydrogen) atoms. The largest absolute Gasteiger partial charge is 0.384 e. The van der Waals surface area contributed by atoms with Crippen molar-refractivity contribution in [3.05, 3.63) is 0 Å². The quantitative estimate of drug-likeness (QED) is 0.617. The van der Waals surface area contributed by atoms with Crippen molar-refractivity contribution in [3.63, 3.8) is 0 Å². The van der Waals surface area contributed by atoms with Gasteiger partial charge in [-0.05, 0) is 31.7 Å². The molecule has 0 aromatic heterocycles. The smallest absolute Gasteiger partial charge is 0.0505 e. The van der Waals surface area contributed by atoms with Crippen molar-refractivity contribution in [2.24, 2.45) is 11.8 Å². The predicted octanol–water partition coefficient (Wildman–Crippen LogP) is 0.878. The molecule has 0 radical (unpaired) electrons. The van der Waals surface area contributed by atoms with Crippen LogP contribution in [0.1, 0.15) is 12.8 Å². The molecule has 1 saturated carbocycles. The first-order valence-corrected chi connectivity index (χ1v) is 4.02. The first-order valence-electron chi connectivity index (χ1n) is 4.02. The molecule has 1 fully saturated rings. The van der Waals surface area contributed by atoms with Crippen LogP contribution in [0.5, 0.6) is 0 Å². The average molecular weight is 143 g/mol. The summed E-state index contributed by atoms with van der Waals surface area (Å²) in [5.41, 5.74) is 0. The molecular formula is C8H17NO. The lowest BCUT2D eigenvalue weighted by molar-refractivity contribution is 0.142. The summed E-state index contributed by atoms with van der Waals surface area (Å²) in [7, 11) is 3.79. The highest BCUT2D eigenvalue weighted by Crippen LogP contribution is 2.36. The van der Waals surface area contributed by atoms with Gasteiger partial charge in [0.2, 0.25) is 0 Å². The van der Waals surface area contributed by atoms with Crippen LogP contribution in [0, 0.1) is 11.8 Å². The van der Waals surface area contributed by atoms with Crippen molar-refractivity contribution in [2.75, 3.05) is 27.3 Å². The van der Waals surface area contributed by atoms with Crippen LogP contribution in [0.15, 0.2) is 0 Å². The lowest BCUT2D eigenvalue weighted by Gasteiger charge is -2.13. The van der Waals surface area contributed by atoms with Crippen molar-refractivity contribution in [1.82, 2.24) is 5.32 Å². The summed E-state index contributed by atoms with van der Waals surface area (Å²) in [6.45, 7) is 2.03. The highest BCUT2D eigenvalue weighted by Gasteiger charge is 2.30. The van der Waals surface area contributed by atoms with Crippen molar-refractivity contribution < 1.29 is 4.74 Å². The van der Waals surface area contributed by atoms with E-state index in [1.165, 1.54) is 12.8 Å². The van der Waals surface area contributed by atoms with E-state index < -0.39 is 0 Å². The van der Waals surface area contributed by atoms with Crippen LogP contribution in [0.2, 0.25) is 0 Å². The van der Waals surface area contributed by atoms with E-state index >= 15 is 0 Å². The summed E-state index contributed by atoms with van der Waals surface area (Å²) in [5.74, 6) is 1.71. The Morgan fingerprint density at radius 3 is 2.70 bits per heavy atom. The molecule has 0 aromatic carbocycles. The molecule has 1 aliphatic carbocycles. The number of methoxy groups -OCH3 is 1. The molecule has 0 bridgehead atoms. The second-order valence-electron chi connectivity index (χ2n) is 3.11. The van der Waals surface area contributed by atoms with E-state index in [2.05, 4.69) is 5.32 Å². The third kappa shape index (κ3) is 2.27. The van der Waals surface area contributed by atoms with Crippen molar-refractivity contribution in [3.8, 4) is 0 Å². The first kappa shape index (κ1) is 8.02. The summed E-state index contributed by atoms with van der Waals surface area (Å²) < 4.78 is 5.12. The van der Waals surface area contributed by atoms with Crippen LogP contribution in [-0.4, -0.2) is 27.3 Å². The zero-order valence-electron chi connectivity index (χ0n) is 6.89. The molecule has 0 aliphatic heterocycles. The van der Waals surface area contributed by atoms with E-state index in [0.717, 1.165) is 25.0 Å². The highest BCUT2D eigenvalue weighted by atomic mass is 16.5. The van der Waals surface area contributed by atoms with Gasteiger partial charge < -0.3 is 10.1 Å². The van der Waals surface area contributed by atoms with Gasteiger partial charge in [0.25, 0.3) is 0 Å². The SMILES string of the molecule is CNCC(COC)C1CC1. The molecule has 1 atom stereocenters. The van der Waals surface area contributed by atoms with Gasteiger partial charge >= 0.3 is 0 Å². The Hall–Kier alpha value is -0.0800. The van der Waals surface area contributed by atoms with Crippen molar-refractivity contribution >= 4 is 0 Å². The third-order valence-corrected chi connectivity index (χ3v) is 2.14. The number of nitrogens with one attached hydrogen (secondary N) is 1. The summed E-state index contributed by atoms with van der Waals surface area (Å²) in [6.07, 6.45) is 2.82. The van der Waals surface area contributed by atoms with Gasteiger partial charge in [-0.1, -0.05) is 0 Å². The molecule has 1 unspecified atom stereocenters. The van der Waals surface area contributed by atoms with Crippen LogP contribution >= 0.6 is 0 Å². The van der Waals surface area contributed by atoms with Crippen LogP contribution < -0.4 is 5.32 Å². The fourth-order valence-corrected chi connectivity index (χ4v) is 1.41. The fourth-order valence-electron chi connectivity index (χ4n) is 1.41. The summed E-state index contributed by atoms with van der Waals surface area (Å²) in [4.78, 5) is 0. The van der Waals surface area contributed by atoms with Crippen LogP contribution in [0.4, 0.5) is 0 Å². The van der Waals surface area contributed by atoms with Gasteiger partial charge in [-0.3, -0.25) is 0 Å². The second kappa shape index (κ2) is 3.94. The number of ether oxygens (including phenoxy) is 1. The molecule has 0 spiro atoms. The standard InChI is InChI=1S/C8H17NO/c1-9-5-8(6-10-2)7-3-4-7/h7-9H,3-6H2,1-2H3. The molecule has 0 aromatic rings. The summed E-state index contributed by atoms with van der Waals surface area (Å²) in [6, 6.07) is 0. The maximum absolute atomic E-state index is 5.12. The monoisotopic (exact) mass is 143 g/mol. The van der Waals surface area contributed by atoms with Gasteiger partial charge in [0.05, 0.1) is 6.61 Å². The predicted molar refractivity (Wildman–Crippen MR) is 42.0 cm³/mol. The van der Waals surface area contributed by atoms with Gasteiger partial charge in [0.1, 0.15) is 0 Å². The van der Waals surface area contributed by atoms with E-state index in [1.807, 2.05) is 7.05 Å². The van der Waals surface area contributed by atoms with Gasteiger partial charge in [-0.15, -0.1) is 0 Å². The van der Waals surface area contributed by atoms with Gasteiger partial charge in [-0.2, -0.15) is 0 Å². The van der Waals surface area contributed by atoms with Crippen LogP contribution in [0.25, 0.3) is 0 Å². The molecule has 0 amide bonds. The van der Waals surface area contributed by atoms with E-state index in [-0.39, 0.29) is 0 Å². The molecule has 2 heteroatoms. The van der Waals surface area contributed by atoms with E-state index in [1.54, 1.807) is 7.11 Å². The zero-order chi connectivity index (χ0) is 7.40. The normalized spacial score (nSPS) is 21.0. The Balaban J connectivity index is 2.13. The molecular weight excluding hydrogens is 126 g/mol. The molecule has 2 nitrogen and oxygen atoms in total. The molecule has 1 aliphatic rings. The zero-order valence-corrected chi connectivity index (χ0v) is 6.89. The Morgan fingerprint density at radius 1 is 1.60 bits per heavy atom. The van der Waals surface area contributed by atoms with Crippen molar-refractivity contribution in [2.45, 2.75) is 12.8 Å². The summed E-state index contributed by atoms with van der Waals surface area (Å²) in [5, 5.41) is 3.19. The van der Waals surface area contributed by atoms with E-state index in [9.17, 15) is 0 Å². The number of hydrogen-bond donors (Lipinski definition) is 1. The Kier molecular flexibility index (Phi) is 3.16. The Labute approximate surface area is 63.0 Å². The minimum absolute atomic E-state index is 0.759. The number of rotatable bonds is 5. The Bertz CT molecular complexity index is 85.3. The molecule has 1 rings (SSSR count). The Morgan fingerprint density at radius 2 is 2.30 bits per heavy atom. The van der Waals surface area contributed by atoms with Gasteiger partial charge in [0, 0.05) is 13.7 Å². The fraction of sp³-hybridized carbons (Fsp3) is 1.00. The van der Waals surface area contributed by atoms with Gasteiger partial charge in [-0.25, -0.2) is 0 Å². The molecule has 0 heterocycles. The lowest BCUT2D eigenvalue weighted by atomic mass is 10.1. The van der Waals surface area contributed by atoms with E-state index in [0.29, 0.717) is 0 Å². The lowest BCUT2D eigenvalue weighted by Crippen LogP contribution is -2.24. The van der Waals surface area contributed by atoms with Crippen LogP contribution in [0.3, 0.4) is 0 Å². The minimum atomic E-state index is 0.759. The van der Waals surface area contributed by atoms with E-state index in [4.69, 9.17) is 4.74 Å². The first-order chi connectivity index (χ1) is 4.88. The molecule has 0 saturated heterocycles. The maximum atomic E-state index is 5.12. The molecule has 1 N–H and O–H groups in total. The number of hydrogen-bond acceptors (Lipinski definition) is 2.